The van der Waals surface area contributed by atoms with Crippen LogP contribution in [0.1, 0.15) is 31.7 Å². The van der Waals surface area contributed by atoms with Crippen LogP contribution in [-0.4, -0.2) is 42.3 Å². The van der Waals surface area contributed by atoms with Crippen LogP contribution in [0.5, 0.6) is 0 Å². The average molecular weight is 299 g/mol. The number of benzene rings is 1. The largest absolute Gasteiger partial charge is 0.392 e. The van der Waals surface area contributed by atoms with Crippen LogP contribution >= 0.6 is 11.6 Å². The van der Waals surface area contributed by atoms with Gasteiger partial charge in [-0.2, -0.15) is 0 Å². The van der Waals surface area contributed by atoms with Gasteiger partial charge in [-0.15, -0.1) is 0 Å². The molecule has 20 heavy (non-hydrogen) atoms. The number of urea groups is 1. The number of nitrogens with one attached hydrogen (secondary N) is 1. The lowest BCUT2D eigenvalue weighted by atomic mass is 9.96. The third-order valence-corrected chi connectivity index (χ3v) is 3.47. The van der Waals surface area contributed by atoms with Gasteiger partial charge in [0.1, 0.15) is 0 Å². The van der Waals surface area contributed by atoms with Crippen LogP contribution in [0.15, 0.2) is 24.3 Å². The quantitative estimate of drug-likeness (QED) is 0.848. The molecule has 0 radical (unpaired) electrons. The van der Waals surface area contributed by atoms with Crippen LogP contribution in [0.3, 0.4) is 0 Å². The van der Waals surface area contributed by atoms with E-state index in [2.05, 4.69) is 12.2 Å². The third-order valence-electron chi connectivity index (χ3n) is 3.22. The summed E-state index contributed by atoms with van der Waals surface area (Å²) in [6.07, 6.45) is 0.408. The molecule has 0 heterocycles. The zero-order valence-electron chi connectivity index (χ0n) is 12.3. The van der Waals surface area contributed by atoms with Gasteiger partial charge in [0.05, 0.1) is 6.10 Å². The summed E-state index contributed by atoms with van der Waals surface area (Å²) >= 11 is 5.88. The van der Waals surface area contributed by atoms with Gasteiger partial charge in [-0.05, 0) is 31.0 Å². The van der Waals surface area contributed by atoms with Gasteiger partial charge in [-0.3, -0.25) is 0 Å². The Morgan fingerprint density at radius 3 is 2.50 bits per heavy atom. The Labute approximate surface area is 125 Å². The Bertz CT molecular complexity index is 420. The fourth-order valence-corrected chi connectivity index (χ4v) is 2.18. The second-order valence-electron chi connectivity index (χ2n) is 5.07. The normalized spacial score (nSPS) is 13.7. The standard InChI is InChI=1S/C15H23ClN2O2/c1-4-12(13-5-7-14(16)8-6-13)9-17-15(20)18(3)10-11(2)19/h5-8,11-12,19H,4,9-10H2,1-3H3,(H,17,20)/t11-,12+/m1/s1. The van der Waals surface area contributed by atoms with Crippen molar-refractivity contribution in [2.75, 3.05) is 20.1 Å². The maximum atomic E-state index is 11.9. The molecule has 2 atom stereocenters. The maximum absolute atomic E-state index is 11.9. The summed E-state index contributed by atoms with van der Waals surface area (Å²) in [6, 6.07) is 7.53. The van der Waals surface area contributed by atoms with Gasteiger partial charge in [0.25, 0.3) is 0 Å². The minimum absolute atomic E-state index is 0.168. The van der Waals surface area contributed by atoms with E-state index >= 15 is 0 Å². The van der Waals surface area contributed by atoms with Gasteiger partial charge in [-0.1, -0.05) is 30.7 Å². The number of likely N-dealkylation sites (N-methyl/N-ethyl adjacent to an activating group) is 1. The van der Waals surface area contributed by atoms with Crippen molar-refractivity contribution in [2.24, 2.45) is 0 Å². The molecule has 0 unspecified atom stereocenters. The molecule has 0 aliphatic carbocycles. The van der Waals surface area contributed by atoms with Crippen LogP contribution < -0.4 is 5.32 Å². The fraction of sp³-hybridized carbons (Fsp3) is 0.533. The number of carbonyl (C=O) groups excluding carboxylic acids is 1. The van der Waals surface area contributed by atoms with Gasteiger partial charge < -0.3 is 15.3 Å². The van der Waals surface area contributed by atoms with E-state index in [0.717, 1.165) is 12.0 Å². The molecule has 2 N–H and O–H groups in total. The molecule has 0 aliphatic rings. The summed E-state index contributed by atoms with van der Waals surface area (Å²) in [5.41, 5.74) is 1.16. The lowest BCUT2D eigenvalue weighted by Gasteiger charge is -2.22. The third kappa shape index (κ3) is 5.39. The van der Waals surface area contributed by atoms with E-state index in [9.17, 15) is 9.90 Å². The molecular formula is C15H23ClN2O2. The lowest BCUT2D eigenvalue weighted by Crippen LogP contribution is -2.42. The summed E-state index contributed by atoms with van der Waals surface area (Å²) in [5.74, 6) is 0.260. The van der Waals surface area contributed by atoms with Gasteiger partial charge in [0, 0.05) is 31.1 Å². The van der Waals surface area contributed by atoms with Crippen molar-refractivity contribution < 1.29 is 9.90 Å². The monoisotopic (exact) mass is 298 g/mol. The van der Waals surface area contributed by atoms with Crippen molar-refractivity contribution in [1.82, 2.24) is 10.2 Å². The summed E-state index contributed by atoms with van der Waals surface area (Å²) in [6.45, 7) is 4.64. The summed E-state index contributed by atoms with van der Waals surface area (Å²) in [4.78, 5) is 13.4. The molecular weight excluding hydrogens is 276 g/mol. The Balaban J connectivity index is 2.53. The van der Waals surface area contributed by atoms with Crippen molar-refractivity contribution in [2.45, 2.75) is 32.3 Å². The molecule has 1 aromatic rings. The number of hydrogen-bond acceptors (Lipinski definition) is 2. The Morgan fingerprint density at radius 2 is 2.00 bits per heavy atom. The van der Waals surface area contributed by atoms with Crippen molar-refractivity contribution in [3.63, 3.8) is 0 Å². The molecule has 0 saturated carbocycles. The topological polar surface area (TPSA) is 52.6 Å². The maximum Gasteiger partial charge on any atom is 0.317 e. The van der Waals surface area contributed by atoms with Crippen molar-refractivity contribution in [1.29, 1.82) is 0 Å². The van der Waals surface area contributed by atoms with E-state index in [1.165, 1.54) is 4.90 Å². The number of amides is 2. The number of aliphatic hydroxyl groups is 1. The molecule has 0 aromatic heterocycles. The van der Waals surface area contributed by atoms with Crippen molar-refractivity contribution in [3.05, 3.63) is 34.9 Å². The van der Waals surface area contributed by atoms with Gasteiger partial charge in [0.15, 0.2) is 0 Å². The van der Waals surface area contributed by atoms with Gasteiger partial charge >= 0.3 is 6.03 Å². The van der Waals surface area contributed by atoms with E-state index < -0.39 is 6.10 Å². The average Bonchev–Trinajstić information content (AvgIpc) is 2.40. The molecule has 5 heteroatoms. The Hall–Kier alpha value is -1.26. The highest BCUT2D eigenvalue weighted by atomic mass is 35.5. The zero-order valence-corrected chi connectivity index (χ0v) is 13.0. The van der Waals surface area contributed by atoms with Gasteiger partial charge in [0.2, 0.25) is 0 Å². The highest BCUT2D eigenvalue weighted by molar-refractivity contribution is 6.30. The summed E-state index contributed by atoms with van der Waals surface area (Å²) < 4.78 is 0. The fourth-order valence-electron chi connectivity index (χ4n) is 2.06. The van der Waals surface area contributed by atoms with Crippen LogP contribution in [0, 0.1) is 0 Å². The van der Waals surface area contributed by atoms with Crippen LogP contribution in [0.4, 0.5) is 4.79 Å². The van der Waals surface area contributed by atoms with E-state index in [0.29, 0.717) is 18.1 Å². The first-order valence-electron chi connectivity index (χ1n) is 6.86. The predicted octanol–water partition coefficient (Wildman–Crippen LogP) is 2.86. The molecule has 2 amide bonds. The first kappa shape index (κ1) is 16.8. The summed E-state index contributed by atoms with van der Waals surface area (Å²) in [7, 11) is 1.67. The number of aliphatic hydroxyl groups excluding tert-OH is 1. The molecule has 1 aromatic carbocycles. The smallest absolute Gasteiger partial charge is 0.317 e. The SMILES string of the molecule is CC[C@@H](CNC(=O)N(C)C[C@@H](C)O)c1ccc(Cl)cc1. The number of carbonyl (C=O) groups is 1. The van der Waals surface area contributed by atoms with Crippen LogP contribution in [-0.2, 0) is 0 Å². The van der Waals surface area contributed by atoms with Crippen LogP contribution in [0.25, 0.3) is 0 Å². The van der Waals surface area contributed by atoms with E-state index in [-0.39, 0.29) is 11.9 Å². The van der Waals surface area contributed by atoms with Crippen molar-refractivity contribution in [3.8, 4) is 0 Å². The second kappa shape index (κ2) is 8.12. The molecule has 4 nitrogen and oxygen atoms in total. The molecule has 0 aliphatic heterocycles. The van der Waals surface area contributed by atoms with Crippen LogP contribution in [0.2, 0.25) is 5.02 Å². The predicted molar refractivity (Wildman–Crippen MR) is 82.2 cm³/mol. The lowest BCUT2D eigenvalue weighted by molar-refractivity contribution is 0.143. The number of hydrogen-bond donors (Lipinski definition) is 2. The first-order chi connectivity index (χ1) is 9.43. The molecule has 0 bridgehead atoms. The van der Waals surface area contributed by atoms with E-state index in [4.69, 9.17) is 11.6 Å². The van der Waals surface area contributed by atoms with E-state index in [1.54, 1.807) is 14.0 Å². The van der Waals surface area contributed by atoms with E-state index in [1.807, 2.05) is 24.3 Å². The molecule has 0 spiro atoms. The first-order valence-corrected chi connectivity index (χ1v) is 7.24. The summed E-state index contributed by atoms with van der Waals surface area (Å²) in [5, 5.41) is 12.9. The molecule has 0 saturated heterocycles. The minimum atomic E-state index is -0.524. The molecule has 112 valence electrons. The van der Waals surface area contributed by atoms with Crippen molar-refractivity contribution >= 4 is 17.6 Å². The Kier molecular flexibility index (Phi) is 6.82. The minimum Gasteiger partial charge on any atom is -0.392 e. The number of halogens is 1. The molecule has 1 rings (SSSR count). The molecule has 0 fully saturated rings. The number of nitrogens with zero attached hydrogens (tertiary/aromatic N) is 1. The van der Waals surface area contributed by atoms with Gasteiger partial charge in [-0.25, -0.2) is 4.79 Å². The number of rotatable bonds is 6. The second-order valence-corrected chi connectivity index (χ2v) is 5.51. The highest BCUT2D eigenvalue weighted by Gasteiger charge is 2.14. The Morgan fingerprint density at radius 1 is 1.40 bits per heavy atom. The highest BCUT2D eigenvalue weighted by Crippen LogP contribution is 2.20. The zero-order chi connectivity index (χ0) is 15.1.